The average molecular weight is 400 g/mol. The number of nitrogens with zero attached hydrogens (tertiary/aromatic N) is 1. The molecule has 8 nitrogen and oxygen atoms in total. The van der Waals surface area contributed by atoms with E-state index in [4.69, 9.17) is 10.00 Å². The fraction of sp³-hybridized carbons (Fsp3) is 0.524. The highest BCUT2D eigenvalue weighted by Crippen LogP contribution is 2.17. The third-order valence-corrected chi connectivity index (χ3v) is 4.81. The van der Waals surface area contributed by atoms with E-state index in [1.165, 1.54) is 0 Å². The number of alkyl carbamates (subject to hydrolysis) is 1. The highest BCUT2D eigenvalue weighted by atomic mass is 16.5. The second-order valence-corrected chi connectivity index (χ2v) is 7.13. The number of benzene rings is 1. The van der Waals surface area contributed by atoms with Crippen LogP contribution >= 0.6 is 0 Å². The van der Waals surface area contributed by atoms with Crippen molar-refractivity contribution in [1.29, 1.82) is 5.26 Å². The van der Waals surface area contributed by atoms with Crippen LogP contribution in [0.2, 0.25) is 0 Å². The molecule has 3 N–H and O–H groups in total. The van der Waals surface area contributed by atoms with Crippen LogP contribution in [-0.4, -0.2) is 36.5 Å². The first-order valence-corrected chi connectivity index (χ1v) is 9.95. The van der Waals surface area contributed by atoms with E-state index in [2.05, 4.69) is 22.0 Å². The molecule has 1 aromatic rings. The predicted molar refractivity (Wildman–Crippen MR) is 106 cm³/mol. The summed E-state index contributed by atoms with van der Waals surface area (Å²) < 4.78 is 5.19. The molecule has 1 fully saturated rings. The largest absolute Gasteiger partial charge is 0.445 e. The van der Waals surface area contributed by atoms with Gasteiger partial charge in [0.05, 0.1) is 12.5 Å². The zero-order chi connectivity index (χ0) is 21.1. The summed E-state index contributed by atoms with van der Waals surface area (Å²) in [6.45, 7) is 2.64. The van der Waals surface area contributed by atoms with E-state index >= 15 is 0 Å². The van der Waals surface area contributed by atoms with Gasteiger partial charge in [-0.1, -0.05) is 43.7 Å². The molecule has 0 unspecified atom stereocenters. The Labute approximate surface area is 171 Å². The minimum atomic E-state index is -0.762. The zero-order valence-corrected chi connectivity index (χ0v) is 16.6. The van der Waals surface area contributed by atoms with Gasteiger partial charge in [-0.3, -0.25) is 9.59 Å². The first-order chi connectivity index (χ1) is 14.0. The molecule has 29 heavy (non-hydrogen) atoms. The molecule has 2 rings (SSSR count). The van der Waals surface area contributed by atoms with Crippen LogP contribution in [0.15, 0.2) is 30.3 Å². The number of nitriles is 1. The molecule has 156 valence electrons. The molecule has 1 aromatic carbocycles. The molecule has 0 aromatic heterocycles. The van der Waals surface area contributed by atoms with Crippen molar-refractivity contribution >= 4 is 17.9 Å². The summed E-state index contributed by atoms with van der Waals surface area (Å²) in [5, 5.41) is 17.2. The molecule has 8 heteroatoms. The molecule has 1 heterocycles. The summed E-state index contributed by atoms with van der Waals surface area (Å²) in [7, 11) is 0. The molecule has 0 radical (unpaired) electrons. The number of hydrogen-bond donors (Lipinski definition) is 3. The van der Waals surface area contributed by atoms with Gasteiger partial charge in [0.25, 0.3) is 0 Å². The van der Waals surface area contributed by atoms with Gasteiger partial charge in [0.15, 0.2) is 0 Å². The van der Waals surface area contributed by atoms with Crippen LogP contribution < -0.4 is 16.0 Å². The number of amides is 3. The minimum Gasteiger partial charge on any atom is -0.445 e. The Hall–Kier alpha value is -3.08. The van der Waals surface area contributed by atoms with Gasteiger partial charge in [0.2, 0.25) is 11.8 Å². The van der Waals surface area contributed by atoms with Crippen molar-refractivity contribution in [3.63, 3.8) is 0 Å². The van der Waals surface area contributed by atoms with Crippen molar-refractivity contribution in [2.45, 2.75) is 57.7 Å². The van der Waals surface area contributed by atoms with Crippen molar-refractivity contribution in [1.82, 2.24) is 16.0 Å². The van der Waals surface area contributed by atoms with Crippen molar-refractivity contribution in [3.05, 3.63) is 35.9 Å². The molecular weight excluding hydrogens is 372 g/mol. The van der Waals surface area contributed by atoms with Crippen LogP contribution in [0, 0.1) is 17.2 Å². The number of carbonyl (C=O) groups excluding carboxylic acids is 3. The van der Waals surface area contributed by atoms with Crippen molar-refractivity contribution in [2.24, 2.45) is 5.92 Å². The number of rotatable bonds is 10. The van der Waals surface area contributed by atoms with Crippen molar-refractivity contribution in [3.8, 4) is 6.07 Å². The normalized spacial score (nSPS) is 17.5. The minimum absolute atomic E-state index is 0.0464. The maximum absolute atomic E-state index is 12.7. The lowest BCUT2D eigenvalue weighted by atomic mass is 9.96. The number of ether oxygens (including phenoxy) is 1. The molecule has 3 amide bonds. The molecule has 0 aliphatic carbocycles. The number of nitrogens with one attached hydrogen (secondary N) is 3. The summed E-state index contributed by atoms with van der Waals surface area (Å²) >= 11 is 0. The Balaban J connectivity index is 1.89. The van der Waals surface area contributed by atoms with Crippen LogP contribution in [0.1, 0.15) is 44.6 Å². The monoisotopic (exact) mass is 400 g/mol. The highest BCUT2D eigenvalue weighted by molar-refractivity contribution is 5.86. The van der Waals surface area contributed by atoms with E-state index in [0.29, 0.717) is 32.2 Å². The van der Waals surface area contributed by atoms with Gasteiger partial charge >= 0.3 is 6.09 Å². The SMILES string of the molecule is CCC[C@H](NC(=O)OCc1ccccc1)C(=O)N[C@H](CC#N)C[C@@H]1CCNC1=O. The van der Waals surface area contributed by atoms with Crippen LogP contribution in [0.3, 0.4) is 0 Å². The summed E-state index contributed by atoms with van der Waals surface area (Å²) in [5.74, 6) is -0.626. The second kappa shape index (κ2) is 11.7. The fourth-order valence-corrected chi connectivity index (χ4v) is 3.28. The van der Waals surface area contributed by atoms with Gasteiger partial charge in [0, 0.05) is 18.5 Å². The van der Waals surface area contributed by atoms with Gasteiger partial charge in [-0.25, -0.2) is 4.79 Å². The van der Waals surface area contributed by atoms with Gasteiger partial charge in [0.1, 0.15) is 12.6 Å². The Morgan fingerprint density at radius 1 is 1.31 bits per heavy atom. The highest BCUT2D eigenvalue weighted by Gasteiger charge is 2.29. The summed E-state index contributed by atoms with van der Waals surface area (Å²) in [6.07, 6.45) is 1.66. The topological polar surface area (TPSA) is 120 Å². The standard InChI is InChI=1S/C21H28N4O4/c1-2-6-18(25-21(28)29-14-15-7-4-3-5-8-15)20(27)24-17(9-11-22)13-16-10-12-23-19(16)26/h3-5,7-8,16-18H,2,6,9-10,12-14H2,1H3,(H,23,26)(H,24,27)(H,25,28)/t16-,17+,18-/m0/s1. The van der Waals surface area contributed by atoms with E-state index < -0.39 is 18.2 Å². The summed E-state index contributed by atoms with van der Waals surface area (Å²) in [6, 6.07) is 10.1. The van der Waals surface area contributed by atoms with Gasteiger partial charge < -0.3 is 20.7 Å². The van der Waals surface area contributed by atoms with E-state index in [1.807, 2.05) is 37.3 Å². The van der Waals surface area contributed by atoms with Gasteiger partial charge in [-0.05, 0) is 24.8 Å². The Morgan fingerprint density at radius 2 is 2.07 bits per heavy atom. The number of hydrogen-bond acceptors (Lipinski definition) is 5. The van der Waals surface area contributed by atoms with E-state index in [9.17, 15) is 14.4 Å². The second-order valence-electron chi connectivity index (χ2n) is 7.13. The summed E-state index contributed by atoms with van der Waals surface area (Å²) in [5.41, 5.74) is 0.850. The molecule has 0 bridgehead atoms. The quantitative estimate of drug-likeness (QED) is 0.555. The van der Waals surface area contributed by atoms with E-state index in [0.717, 1.165) is 5.56 Å². The first kappa shape index (κ1) is 22.2. The van der Waals surface area contributed by atoms with Crippen molar-refractivity contribution in [2.75, 3.05) is 6.54 Å². The third kappa shape index (κ3) is 7.45. The average Bonchev–Trinajstić information content (AvgIpc) is 3.11. The maximum atomic E-state index is 12.7. The van der Waals surface area contributed by atoms with Crippen LogP contribution in [0.25, 0.3) is 0 Å². The van der Waals surface area contributed by atoms with Gasteiger partial charge in [-0.2, -0.15) is 5.26 Å². The molecule has 1 aliphatic rings. The lowest BCUT2D eigenvalue weighted by Crippen LogP contribution is -2.50. The van der Waals surface area contributed by atoms with E-state index in [1.54, 1.807) is 0 Å². The summed E-state index contributed by atoms with van der Waals surface area (Å²) in [4.78, 5) is 36.6. The first-order valence-electron chi connectivity index (χ1n) is 9.95. The maximum Gasteiger partial charge on any atom is 0.408 e. The molecule has 1 saturated heterocycles. The lowest BCUT2D eigenvalue weighted by Gasteiger charge is -2.23. The predicted octanol–water partition coefficient (Wildman–Crippen LogP) is 2.01. The lowest BCUT2D eigenvalue weighted by molar-refractivity contribution is -0.125. The Bertz CT molecular complexity index is 732. The molecule has 3 atom stereocenters. The van der Waals surface area contributed by atoms with E-state index in [-0.39, 0.29) is 30.8 Å². The van der Waals surface area contributed by atoms with Gasteiger partial charge in [-0.15, -0.1) is 0 Å². The van der Waals surface area contributed by atoms with Crippen molar-refractivity contribution < 1.29 is 19.1 Å². The van der Waals surface area contributed by atoms with Crippen LogP contribution in [-0.2, 0) is 20.9 Å². The van der Waals surface area contributed by atoms with Crippen LogP contribution in [0.4, 0.5) is 4.79 Å². The molecule has 0 spiro atoms. The Kier molecular flexibility index (Phi) is 8.96. The number of carbonyl (C=O) groups is 3. The smallest absolute Gasteiger partial charge is 0.408 e. The molecule has 1 aliphatic heterocycles. The molecule has 0 saturated carbocycles. The third-order valence-electron chi connectivity index (χ3n) is 4.81. The zero-order valence-electron chi connectivity index (χ0n) is 16.6. The molecular formula is C21H28N4O4. The Morgan fingerprint density at radius 3 is 2.69 bits per heavy atom. The van der Waals surface area contributed by atoms with Crippen LogP contribution in [0.5, 0.6) is 0 Å². The fourth-order valence-electron chi connectivity index (χ4n) is 3.28.